The molecular weight excluding hydrogens is 580 g/mol. The Morgan fingerprint density at radius 1 is 1.04 bits per heavy atom. The maximum absolute atomic E-state index is 15.0. The number of carbonyl (C=O) groups excluding carboxylic acids is 3. The first kappa shape index (κ1) is 30.1. The van der Waals surface area contributed by atoms with Crippen LogP contribution in [0.15, 0.2) is 23.0 Å². The highest BCUT2D eigenvalue weighted by atomic mass is 16.7. The molecule has 4 saturated heterocycles. The third kappa shape index (κ3) is 3.28. The molecule has 7 aliphatic rings. The minimum absolute atomic E-state index is 0.00968. The summed E-state index contributed by atoms with van der Waals surface area (Å²) in [5.41, 5.74) is -5.31. The van der Waals surface area contributed by atoms with Crippen LogP contribution in [-0.2, 0) is 33.3 Å². The number of hydrogen-bond acceptors (Lipinski definition) is 10. The Labute approximate surface area is 263 Å². The number of epoxide rings is 1. The molecular formula is C35H46O10. The molecule has 246 valence electrons. The van der Waals surface area contributed by atoms with Gasteiger partial charge < -0.3 is 33.6 Å². The van der Waals surface area contributed by atoms with E-state index < -0.39 is 69.2 Å². The number of hydrogen-bond donors (Lipinski definition) is 2. The number of cyclic esters (lactones) is 2. The van der Waals surface area contributed by atoms with Crippen LogP contribution >= 0.6 is 0 Å². The topological polar surface area (TPSA) is 145 Å². The highest BCUT2D eigenvalue weighted by Crippen LogP contribution is 2.81. The SMILES string of the molecule is CC(C)CC[C@@]1(C)O[C@H]2[C@@]3(CC[C@H](CO)C3)C(=O)OC[C@@]23[C@H]2CC[C@]4(C)[C@H](c5ccoc5)OC(=O)[C@H]5O[C@@]54[C@@]2(C)[C@H](O)C(=O)[C@H]31. The van der Waals surface area contributed by atoms with Gasteiger partial charge in [-0.1, -0.05) is 27.7 Å². The van der Waals surface area contributed by atoms with E-state index in [1.54, 1.807) is 18.6 Å². The molecule has 2 N–H and O–H groups in total. The fourth-order valence-electron chi connectivity index (χ4n) is 12.2. The summed E-state index contributed by atoms with van der Waals surface area (Å²) in [6.07, 6.45) is 3.66. The smallest absolute Gasteiger partial charge is 0.339 e. The van der Waals surface area contributed by atoms with E-state index in [2.05, 4.69) is 13.8 Å². The van der Waals surface area contributed by atoms with E-state index in [0.29, 0.717) is 50.0 Å². The quantitative estimate of drug-likeness (QED) is 0.365. The van der Waals surface area contributed by atoms with E-state index in [-0.39, 0.29) is 36.8 Å². The standard InChI is InChI=1S/C35H46O10/c1-18(2)6-11-31(4)23-22(37)24(38)32(5)21(34(23)17-42-29(40)33(28(34)45-31)12-7-19(14-33)15-36)8-10-30(3)25(20-9-13-41-16-20)43-27(39)26-35(30,32)44-26/h9,13,16,18-19,21,23-26,28,36,38H,6-8,10-12,14-15,17H2,1-5H3/t19-,21-,23-,24+,25-,26+,28-,30+,31+,32+,33-,34-,35-/m0/s1. The highest BCUT2D eigenvalue weighted by Gasteiger charge is 2.91. The van der Waals surface area contributed by atoms with Gasteiger partial charge >= 0.3 is 11.9 Å². The molecule has 45 heavy (non-hydrogen) atoms. The average Bonchev–Trinajstić information content (AvgIpc) is 3.29. The van der Waals surface area contributed by atoms with Crippen molar-refractivity contribution in [1.29, 1.82) is 0 Å². The van der Waals surface area contributed by atoms with Crippen molar-refractivity contribution < 1.29 is 48.0 Å². The molecule has 0 amide bonds. The second-order valence-corrected chi connectivity index (χ2v) is 16.5. The minimum Gasteiger partial charge on any atom is -0.472 e. The molecule has 0 unspecified atom stereocenters. The molecule has 7 fully saturated rings. The molecule has 4 aliphatic heterocycles. The number of ether oxygens (including phenoxy) is 4. The molecule has 3 spiro atoms. The minimum atomic E-state index is -1.43. The number of carbonyl (C=O) groups is 3. The Hall–Kier alpha value is -2.27. The summed E-state index contributed by atoms with van der Waals surface area (Å²) in [5.74, 6) is -1.92. The van der Waals surface area contributed by atoms with Gasteiger partial charge in [-0.2, -0.15) is 0 Å². The Morgan fingerprint density at radius 3 is 2.49 bits per heavy atom. The molecule has 1 aromatic heterocycles. The van der Waals surface area contributed by atoms with E-state index in [9.17, 15) is 19.8 Å². The predicted molar refractivity (Wildman–Crippen MR) is 156 cm³/mol. The van der Waals surface area contributed by atoms with Crippen molar-refractivity contribution in [3.63, 3.8) is 0 Å². The van der Waals surface area contributed by atoms with E-state index in [1.165, 1.54) is 0 Å². The molecule has 0 bridgehead atoms. The van der Waals surface area contributed by atoms with Crippen LogP contribution in [-0.4, -0.2) is 70.7 Å². The second kappa shape index (κ2) is 9.20. The van der Waals surface area contributed by atoms with Gasteiger partial charge in [0.15, 0.2) is 11.9 Å². The van der Waals surface area contributed by atoms with Crippen molar-refractivity contribution in [1.82, 2.24) is 0 Å². The van der Waals surface area contributed by atoms with E-state index in [1.807, 2.05) is 20.8 Å². The third-order valence-corrected chi connectivity index (χ3v) is 14.1. The number of fused-ring (bicyclic) bond motifs is 2. The van der Waals surface area contributed by atoms with Crippen molar-refractivity contribution in [2.45, 2.75) is 115 Å². The van der Waals surface area contributed by atoms with Crippen LogP contribution in [0.1, 0.15) is 91.2 Å². The van der Waals surface area contributed by atoms with Crippen LogP contribution in [0.25, 0.3) is 0 Å². The van der Waals surface area contributed by atoms with Gasteiger partial charge in [0.2, 0.25) is 0 Å². The van der Waals surface area contributed by atoms with Crippen molar-refractivity contribution in [3.8, 4) is 0 Å². The lowest BCUT2D eigenvalue weighted by molar-refractivity contribution is -0.264. The van der Waals surface area contributed by atoms with Crippen LogP contribution < -0.4 is 0 Å². The maximum Gasteiger partial charge on any atom is 0.339 e. The zero-order valence-corrected chi connectivity index (χ0v) is 26.9. The molecule has 8 rings (SSSR count). The predicted octanol–water partition coefficient (Wildman–Crippen LogP) is 3.91. The molecule has 0 aromatic carbocycles. The summed E-state index contributed by atoms with van der Waals surface area (Å²) >= 11 is 0. The maximum atomic E-state index is 15.0. The van der Waals surface area contributed by atoms with Crippen LogP contribution in [0.5, 0.6) is 0 Å². The van der Waals surface area contributed by atoms with Crippen molar-refractivity contribution in [2.75, 3.05) is 13.2 Å². The molecule has 3 aliphatic carbocycles. The Kier molecular flexibility index (Phi) is 6.15. The molecule has 10 nitrogen and oxygen atoms in total. The lowest BCUT2D eigenvalue weighted by Crippen LogP contribution is -2.77. The number of ketones is 1. The van der Waals surface area contributed by atoms with E-state index in [4.69, 9.17) is 23.4 Å². The molecule has 0 radical (unpaired) electrons. The molecule has 1 aromatic rings. The average molecular weight is 627 g/mol. The second-order valence-electron chi connectivity index (χ2n) is 16.5. The molecule has 5 heterocycles. The molecule has 3 saturated carbocycles. The largest absolute Gasteiger partial charge is 0.472 e. The van der Waals surface area contributed by atoms with Gasteiger partial charge in [0.05, 0.1) is 35.6 Å². The summed E-state index contributed by atoms with van der Waals surface area (Å²) < 4.78 is 31.4. The zero-order chi connectivity index (χ0) is 31.9. The van der Waals surface area contributed by atoms with Crippen molar-refractivity contribution >= 4 is 17.7 Å². The fraction of sp³-hybridized carbons (Fsp3) is 0.800. The first-order valence-corrected chi connectivity index (χ1v) is 16.8. The zero-order valence-electron chi connectivity index (χ0n) is 26.9. The normalized spacial score (nSPS) is 52.9. The van der Waals surface area contributed by atoms with Crippen LogP contribution in [0.4, 0.5) is 0 Å². The summed E-state index contributed by atoms with van der Waals surface area (Å²) in [4.78, 5) is 42.5. The number of aliphatic hydroxyl groups is 2. The number of Topliss-reactive ketones (excluding diaryl/α,β-unsaturated/α-hetero) is 1. The van der Waals surface area contributed by atoms with Gasteiger partial charge in [-0.15, -0.1) is 0 Å². The van der Waals surface area contributed by atoms with E-state index in [0.717, 1.165) is 6.42 Å². The van der Waals surface area contributed by atoms with Crippen LogP contribution in [0, 0.1) is 45.3 Å². The van der Waals surface area contributed by atoms with Gasteiger partial charge in [0.25, 0.3) is 0 Å². The first-order valence-electron chi connectivity index (χ1n) is 16.8. The van der Waals surface area contributed by atoms with Crippen LogP contribution in [0.2, 0.25) is 0 Å². The lowest BCUT2D eigenvalue weighted by Gasteiger charge is -2.67. The van der Waals surface area contributed by atoms with Gasteiger partial charge in [-0.25, -0.2) is 4.79 Å². The van der Waals surface area contributed by atoms with Crippen molar-refractivity contribution in [2.24, 2.45) is 45.3 Å². The first-order chi connectivity index (χ1) is 21.3. The summed E-state index contributed by atoms with van der Waals surface area (Å²) in [5, 5.41) is 22.6. The summed E-state index contributed by atoms with van der Waals surface area (Å²) in [6.45, 7) is 10.2. The Morgan fingerprint density at radius 2 is 1.82 bits per heavy atom. The summed E-state index contributed by atoms with van der Waals surface area (Å²) in [7, 11) is 0. The van der Waals surface area contributed by atoms with E-state index >= 15 is 4.79 Å². The Balaban J connectivity index is 1.32. The van der Waals surface area contributed by atoms with Crippen molar-refractivity contribution in [3.05, 3.63) is 24.2 Å². The van der Waals surface area contributed by atoms with Crippen LogP contribution in [0.3, 0.4) is 0 Å². The van der Waals surface area contributed by atoms with Gasteiger partial charge in [-0.05, 0) is 75.7 Å². The number of rotatable bonds is 5. The number of aliphatic hydroxyl groups excluding tert-OH is 2. The van der Waals surface area contributed by atoms with Gasteiger partial charge in [-0.3, -0.25) is 9.59 Å². The monoisotopic (exact) mass is 626 g/mol. The number of esters is 2. The van der Waals surface area contributed by atoms with Gasteiger partial charge in [0, 0.05) is 28.4 Å². The van der Waals surface area contributed by atoms with Gasteiger partial charge in [0.1, 0.15) is 24.4 Å². The fourth-order valence-corrected chi connectivity index (χ4v) is 12.2. The number of furan rings is 1. The Bertz CT molecular complexity index is 1440. The molecule has 13 atom stereocenters. The highest BCUT2D eigenvalue weighted by molar-refractivity contribution is 5.92. The third-order valence-electron chi connectivity index (χ3n) is 14.1. The lowest BCUT2D eigenvalue weighted by atomic mass is 9.35. The molecule has 10 heteroatoms. The summed E-state index contributed by atoms with van der Waals surface area (Å²) in [6, 6.07) is 1.79.